The zero-order valence-electron chi connectivity index (χ0n) is 19.2. The number of amides is 1. The molecule has 0 unspecified atom stereocenters. The molecular formula is C25H29N3O3S. The van der Waals surface area contributed by atoms with Crippen LogP contribution < -0.4 is 5.32 Å². The lowest BCUT2D eigenvalue weighted by molar-refractivity contribution is -0.119. The van der Waals surface area contributed by atoms with Crippen LogP contribution in [-0.4, -0.2) is 29.7 Å². The predicted octanol–water partition coefficient (Wildman–Crippen LogP) is 5.59. The van der Waals surface area contributed by atoms with Gasteiger partial charge in [0.05, 0.1) is 11.1 Å². The first-order valence-electron chi connectivity index (χ1n) is 10.9. The molecule has 0 aliphatic heterocycles. The van der Waals surface area contributed by atoms with Crippen molar-refractivity contribution in [2.24, 2.45) is 0 Å². The van der Waals surface area contributed by atoms with E-state index in [1.54, 1.807) is 6.07 Å². The SMILES string of the molecule is CSc1nc(C2CC2)cc(C(=O)OCC(=O)Nc2c(C(C)C)cccc2C(C)C)c1C#N. The topological polar surface area (TPSA) is 92.1 Å². The summed E-state index contributed by atoms with van der Waals surface area (Å²) in [5.74, 6) is -0.309. The van der Waals surface area contributed by atoms with Gasteiger partial charge in [0.15, 0.2) is 6.61 Å². The summed E-state index contributed by atoms with van der Waals surface area (Å²) in [6.07, 6.45) is 3.87. The maximum Gasteiger partial charge on any atom is 0.340 e. The number of benzene rings is 1. The number of nitrogens with zero attached hydrogens (tertiary/aromatic N) is 2. The summed E-state index contributed by atoms with van der Waals surface area (Å²) >= 11 is 1.32. The van der Waals surface area contributed by atoms with E-state index in [2.05, 4.69) is 44.1 Å². The molecule has 0 radical (unpaired) electrons. The standard InChI is InChI=1S/C25H29N3O3S/c1-14(2)17-7-6-8-18(15(3)4)23(17)28-22(29)13-31-25(30)19-11-21(16-9-10-16)27-24(32-5)20(19)12-26/h6-8,11,14-16H,9-10,13H2,1-5H3,(H,28,29). The van der Waals surface area contributed by atoms with E-state index in [-0.39, 0.29) is 23.0 Å². The van der Waals surface area contributed by atoms with Gasteiger partial charge in [-0.2, -0.15) is 5.26 Å². The Kier molecular flexibility index (Phi) is 7.57. The summed E-state index contributed by atoms with van der Waals surface area (Å²) in [6, 6.07) is 9.69. The zero-order chi connectivity index (χ0) is 23.4. The Morgan fingerprint density at radius 1 is 1.22 bits per heavy atom. The fourth-order valence-corrected chi connectivity index (χ4v) is 4.18. The number of nitriles is 1. The molecule has 1 amide bonds. The Morgan fingerprint density at radius 3 is 2.34 bits per heavy atom. The maximum absolute atomic E-state index is 12.8. The molecule has 1 saturated carbocycles. The highest BCUT2D eigenvalue weighted by Crippen LogP contribution is 2.40. The van der Waals surface area contributed by atoms with Crippen LogP contribution in [-0.2, 0) is 9.53 Å². The highest BCUT2D eigenvalue weighted by molar-refractivity contribution is 7.98. The summed E-state index contributed by atoms with van der Waals surface area (Å²) in [7, 11) is 0. The molecule has 1 aliphatic carbocycles. The van der Waals surface area contributed by atoms with Crippen molar-refractivity contribution in [2.75, 3.05) is 18.2 Å². The molecule has 3 rings (SSSR count). The molecule has 2 aromatic rings. The van der Waals surface area contributed by atoms with E-state index in [9.17, 15) is 14.9 Å². The molecule has 1 N–H and O–H groups in total. The summed E-state index contributed by atoms with van der Waals surface area (Å²) < 4.78 is 5.32. The molecule has 1 heterocycles. The summed E-state index contributed by atoms with van der Waals surface area (Å²) in [5, 5.41) is 13.0. The molecule has 1 fully saturated rings. The molecule has 32 heavy (non-hydrogen) atoms. The van der Waals surface area contributed by atoms with Gasteiger partial charge in [-0.15, -0.1) is 11.8 Å². The molecule has 6 nitrogen and oxygen atoms in total. The van der Waals surface area contributed by atoms with Crippen LogP contribution in [0.3, 0.4) is 0 Å². The largest absolute Gasteiger partial charge is 0.452 e. The van der Waals surface area contributed by atoms with Gasteiger partial charge in [-0.1, -0.05) is 45.9 Å². The van der Waals surface area contributed by atoms with Crippen LogP contribution in [0.5, 0.6) is 0 Å². The first-order valence-corrected chi connectivity index (χ1v) is 12.1. The van der Waals surface area contributed by atoms with Crippen molar-refractivity contribution in [1.82, 2.24) is 4.98 Å². The molecule has 1 aromatic heterocycles. The average molecular weight is 452 g/mol. The van der Waals surface area contributed by atoms with Gasteiger partial charge in [0, 0.05) is 17.3 Å². The average Bonchev–Trinajstić information content (AvgIpc) is 3.61. The first kappa shape index (κ1) is 23.8. The third-order valence-corrected chi connectivity index (χ3v) is 6.18. The number of para-hydroxylation sites is 1. The Balaban J connectivity index is 1.77. The molecule has 1 aliphatic rings. The molecule has 0 saturated heterocycles. The Bertz CT molecular complexity index is 1040. The van der Waals surface area contributed by atoms with Crippen molar-refractivity contribution < 1.29 is 14.3 Å². The van der Waals surface area contributed by atoms with Gasteiger partial charge in [0.2, 0.25) is 0 Å². The minimum Gasteiger partial charge on any atom is -0.452 e. The number of aromatic nitrogens is 1. The van der Waals surface area contributed by atoms with Gasteiger partial charge < -0.3 is 10.1 Å². The van der Waals surface area contributed by atoms with Crippen molar-refractivity contribution >= 4 is 29.3 Å². The smallest absolute Gasteiger partial charge is 0.340 e. The van der Waals surface area contributed by atoms with Crippen LogP contribution in [0, 0.1) is 11.3 Å². The monoisotopic (exact) mass is 451 g/mol. The molecule has 168 valence electrons. The number of carbonyl (C=O) groups is 2. The van der Waals surface area contributed by atoms with Crippen molar-refractivity contribution in [3.8, 4) is 6.07 Å². The second kappa shape index (κ2) is 10.2. The van der Waals surface area contributed by atoms with Crippen LogP contribution in [0.25, 0.3) is 0 Å². The summed E-state index contributed by atoms with van der Waals surface area (Å²) in [6.45, 7) is 7.86. The van der Waals surface area contributed by atoms with E-state index in [0.29, 0.717) is 10.9 Å². The minimum absolute atomic E-state index is 0.173. The van der Waals surface area contributed by atoms with Crippen LogP contribution in [0.2, 0.25) is 0 Å². The van der Waals surface area contributed by atoms with Crippen LogP contribution in [0.15, 0.2) is 29.3 Å². The van der Waals surface area contributed by atoms with Crippen LogP contribution >= 0.6 is 11.8 Å². The number of rotatable bonds is 8. The predicted molar refractivity (Wildman–Crippen MR) is 126 cm³/mol. The Morgan fingerprint density at radius 2 is 1.84 bits per heavy atom. The fourth-order valence-electron chi connectivity index (χ4n) is 3.63. The van der Waals surface area contributed by atoms with E-state index in [1.807, 2.05) is 24.5 Å². The van der Waals surface area contributed by atoms with Crippen molar-refractivity contribution in [2.45, 2.75) is 63.3 Å². The van der Waals surface area contributed by atoms with E-state index < -0.39 is 18.5 Å². The first-order chi connectivity index (χ1) is 15.3. The second-order valence-corrected chi connectivity index (χ2v) is 9.41. The number of hydrogen-bond acceptors (Lipinski definition) is 6. The van der Waals surface area contributed by atoms with Crippen molar-refractivity contribution in [3.05, 3.63) is 52.2 Å². The van der Waals surface area contributed by atoms with Gasteiger partial charge in [0.25, 0.3) is 5.91 Å². The Labute approximate surface area is 193 Å². The molecular weight excluding hydrogens is 422 g/mol. The van der Waals surface area contributed by atoms with E-state index in [4.69, 9.17) is 4.74 Å². The third-order valence-electron chi connectivity index (χ3n) is 5.50. The Hall–Kier alpha value is -2.85. The van der Waals surface area contributed by atoms with E-state index in [0.717, 1.165) is 35.3 Å². The molecule has 0 bridgehead atoms. The van der Waals surface area contributed by atoms with Gasteiger partial charge in [0.1, 0.15) is 11.1 Å². The number of thioether (sulfide) groups is 1. The maximum atomic E-state index is 12.8. The fraction of sp³-hybridized carbons (Fsp3) is 0.440. The second-order valence-electron chi connectivity index (χ2n) is 8.61. The van der Waals surface area contributed by atoms with Crippen LogP contribution in [0.4, 0.5) is 5.69 Å². The zero-order valence-corrected chi connectivity index (χ0v) is 20.0. The lowest BCUT2D eigenvalue weighted by Gasteiger charge is -2.20. The van der Waals surface area contributed by atoms with Crippen LogP contribution in [0.1, 0.15) is 91.0 Å². The number of ether oxygens (including phenoxy) is 1. The number of esters is 1. The molecule has 7 heteroatoms. The number of anilines is 1. The number of hydrogen-bond donors (Lipinski definition) is 1. The lowest BCUT2D eigenvalue weighted by Crippen LogP contribution is -2.23. The van der Waals surface area contributed by atoms with Gasteiger partial charge in [-0.3, -0.25) is 4.79 Å². The minimum atomic E-state index is -0.683. The normalized spacial score (nSPS) is 13.2. The van der Waals surface area contributed by atoms with E-state index >= 15 is 0 Å². The van der Waals surface area contributed by atoms with Gasteiger partial charge >= 0.3 is 5.97 Å². The van der Waals surface area contributed by atoms with Gasteiger partial charge in [-0.25, -0.2) is 9.78 Å². The number of nitrogens with one attached hydrogen (secondary N) is 1. The quantitative estimate of drug-likeness (QED) is 0.415. The van der Waals surface area contributed by atoms with Gasteiger partial charge in [-0.05, 0) is 48.1 Å². The summed E-state index contributed by atoms with van der Waals surface area (Å²) in [5.41, 5.74) is 4.02. The van der Waals surface area contributed by atoms with E-state index in [1.165, 1.54) is 11.8 Å². The van der Waals surface area contributed by atoms with Crippen molar-refractivity contribution in [1.29, 1.82) is 5.26 Å². The number of pyridine rings is 1. The van der Waals surface area contributed by atoms with Crippen molar-refractivity contribution in [3.63, 3.8) is 0 Å². The number of carbonyl (C=O) groups excluding carboxylic acids is 2. The highest BCUT2D eigenvalue weighted by Gasteiger charge is 2.29. The highest BCUT2D eigenvalue weighted by atomic mass is 32.2. The molecule has 0 atom stereocenters. The molecule has 0 spiro atoms. The summed E-state index contributed by atoms with van der Waals surface area (Å²) in [4.78, 5) is 30.0. The molecule has 1 aromatic carbocycles. The third kappa shape index (κ3) is 5.31. The lowest BCUT2D eigenvalue weighted by atomic mass is 9.92.